The van der Waals surface area contributed by atoms with Crippen LogP contribution in [0.5, 0.6) is 5.75 Å². The summed E-state index contributed by atoms with van der Waals surface area (Å²) < 4.78 is 41.9. The fourth-order valence-corrected chi connectivity index (χ4v) is 0.898. The second-order valence-corrected chi connectivity index (χ2v) is 2.37. The quantitative estimate of drug-likeness (QED) is 0.708. The third-order valence-corrected chi connectivity index (χ3v) is 1.52. The molecular formula is C8H6F3NO2. The van der Waals surface area contributed by atoms with E-state index in [9.17, 15) is 18.0 Å². The zero-order valence-corrected chi connectivity index (χ0v) is 7.13. The van der Waals surface area contributed by atoms with E-state index in [0.717, 1.165) is 13.2 Å². The molecule has 6 heteroatoms. The molecule has 0 aromatic carbocycles. The number of methoxy groups -OCH3 is 1. The molecule has 0 amide bonds. The van der Waals surface area contributed by atoms with Crippen LogP contribution in [-0.2, 0) is 0 Å². The molecule has 0 bridgehead atoms. The average Bonchev–Trinajstić information content (AvgIpc) is 2.17. The molecule has 0 saturated carbocycles. The molecule has 0 saturated heterocycles. The Hall–Kier alpha value is -1.59. The number of alkyl halides is 2. The second kappa shape index (κ2) is 4.08. The van der Waals surface area contributed by atoms with Gasteiger partial charge in [0, 0.05) is 6.07 Å². The van der Waals surface area contributed by atoms with Gasteiger partial charge in [0.2, 0.25) is 0 Å². The number of aldehydes is 1. The minimum absolute atomic E-state index is 0.244. The van der Waals surface area contributed by atoms with E-state index >= 15 is 0 Å². The number of nitrogens with zero attached hydrogens (tertiary/aromatic N) is 1. The predicted molar refractivity (Wildman–Crippen MR) is 41.1 cm³/mol. The average molecular weight is 205 g/mol. The molecule has 76 valence electrons. The van der Waals surface area contributed by atoms with Gasteiger partial charge in [-0.3, -0.25) is 4.79 Å². The molecule has 3 nitrogen and oxygen atoms in total. The van der Waals surface area contributed by atoms with Crippen molar-refractivity contribution < 1.29 is 22.7 Å². The second-order valence-electron chi connectivity index (χ2n) is 2.37. The molecule has 0 N–H and O–H groups in total. The van der Waals surface area contributed by atoms with E-state index in [1.807, 2.05) is 0 Å². The molecule has 0 fully saturated rings. The van der Waals surface area contributed by atoms with Crippen molar-refractivity contribution in [3.63, 3.8) is 0 Å². The molecule has 0 aliphatic heterocycles. The number of hydrogen-bond donors (Lipinski definition) is 0. The molecule has 0 aliphatic carbocycles. The van der Waals surface area contributed by atoms with Crippen LogP contribution in [0.2, 0.25) is 0 Å². The highest BCUT2D eigenvalue weighted by Gasteiger charge is 2.20. The summed E-state index contributed by atoms with van der Waals surface area (Å²) in [4.78, 5) is 13.4. The number of aromatic nitrogens is 1. The minimum atomic E-state index is -3.08. The summed E-state index contributed by atoms with van der Waals surface area (Å²) >= 11 is 0. The van der Waals surface area contributed by atoms with Gasteiger partial charge in [-0.1, -0.05) is 0 Å². The predicted octanol–water partition coefficient (Wildman–Crippen LogP) is 1.98. The zero-order chi connectivity index (χ0) is 10.7. The van der Waals surface area contributed by atoms with Crippen LogP contribution in [0.3, 0.4) is 0 Å². The molecular weight excluding hydrogens is 199 g/mol. The SMILES string of the molecule is COc1cc(C=O)nc(C(F)F)c1F. The lowest BCUT2D eigenvalue weighted by atomic mass is 10.2. The van der Waals surface area contributed by atoms with Gasteiger partial charge in [-0.15, -0.1) is 0 Å². The van der Waals surface area contributed by atoms with Crippen LogP contribution in [0.15, 0.2) is 6.07 Å². The molecule has 1 aromatic rings. The normalized spacial score (nSPS) is 10.4. The Labute approximate surface area is 77.5 Å². The lowest BCUT2D eigenvalue weighted by Gasteiger charge is -2.06. The molecule has 0 radical (unpaired) electrons. The van der Waals surface area contributed by atoms with Crippen molar-refractivity contribution >= 4 is 6.29 Å². The molecule has 1 heterocycles. The molecule has 1 aromatic heterocycles. The smallest absolute Gasteiger partial charge is 0.283 e. The van der Waals surface area contributed by atoms with Crippen molar-refractivity contribution in [2.75, 3.05) is 7.11 Å². The van der Waals surface area contributed by atoms with Crippen molar-refractivity contribution in [1.29, 1.82) is 0 Å². The number of carbonyl (C=O) groups excluding carboxylic acids is 1. The first-order chi connectivity index (χ1) is 6.60. The van der Waals surface area contributed by atoms with Crippen molar-refractivity contribution in [3.8, 4) is 5.75 Å². The standard InChI is InChI=1S/C8H6F3NO2/c1-14-5-2-4(3-13)12-7(6(5)9)8(10)11/h2-3,8H,1H3. The summed E-state index contributed by atoms with van der Waals surface area (Å²) in [5.74, 6) is -1.66. The highest BCUT2D eigenvalue weighted by Crippen LogP contribution is 2.26. The van der Waals surface area contributed by atoms with E-state index in [2.05, 4.69) is 9.72 Å². The first-order valence-electron chi connectivity index (χ1n) is 3.58. The van der Waals surface area contributed by atoms with Gasteiger partial charge in [-0.25, -0.2) is 18.2 Å². The van der Waals surface area contributed by atoms with E-state index < -0.39 is 23.7 Å². The Morgan fingerprint density at radius 2 is 2.21 bits per heavy atom. The number of pyridine rings is 1. The Balaban J connectivity index is 3.34. The number of rotatable bonds is 3. The lowest BCUT2D eigenvalue weighted by molar-refractivity contribution is 0.111. The van der Waals surface area contributed by atoms with Crippen molar-refractivity contribution in [1.82, 2.24) is 4.98 Å². The third-order valence-electron chi connectivity index (χ3n) is 1.52. The fraction of sp³-hybridized carbons (Fsp3) is 0.250. The Morgan fingerprint density at radius 1 is 1.57 bits per heavy atom. The van der Waals surface area contributed by atoms with E-state index in [4.69, 9.17) is 0 Å². The number of hydrogen-bond acceptors (Lipinski definition) is 3. The molecule has 14 heavy (non-hydrogen) atoms. The van der Waals surface area contributed by atoms with Gasteiger partial charge in [-0.2, -0.15) is 0 Å². The molecule has 1 rings (SSSR count). The summed E-state index contributed by atoms with van der Waals surface area (Å²) in [6.45, 7) is 0. The van der Waals surface area contributed by atoms with Gasteiger partial charge < -0.3 is 4.74 Å². The van der Waals surface area contributed by atoms with Gasteiger partial charge in [0.1, 0.15) is 11.4 Å². The Morgan fingerprint density at radius 3 is 2.64 bits per heavy atom. The fourth-order valence-electron chi connectivity index (χ4n) is 0.898. The van der Waals surface area contributed by atoms with E-state index in [-0.39, 0.29) is 12.0 Å². The van der Waals surface area contributed by atoms with Crippen molar-refractivity contribution in [3.05, 3.63) is 23.3 Å². The van der Waals surface area contributed by atoms with Gasteiger partial charge >= 0.3 is 0 Å². The van der Waals surface area contributed by atoms with Crippen LogP contribution in [0.1, 0.15) is 22.6 Å². The summed E-state index contributed by atoms with van der Waals surface area (Å²) in [5.41, 5.74) is -1.37. The molecule has 0 aliphatic rings. The minimum Gasteiger partial charge on any atom is -0.494 e. The first-order valence-corrected chi connectivity index (χ1v) is 3.58. The van der Waals surface area contributed by atoms with Crippen molar-refractivity contribution in [2.24, 2.45) is 0 Å². The maximum atomic E-state index is 13.1. The summed E-state index contributed by atoms with van der Waals surface area (Å²) in [5, 5.41) is 0. The largest absolute Gasteiger partial charge is 0.494 e. The van der Waals surface area contributed by atoms with Crippen molar-refractivity contribution in [2.45, 2.75) is 6.43 Å². The van der Waals surface area contributed by atoms with Gasteiger partial charge in [-0.05, 0) is 0 Å². The molecule has 0 atom stereocenters. The topological polar surface area (TPSA) is 39.2 Å². The van der Waals surface area contributed by atoms with Crippen LogP contribution in [0.4, 0.5) is 13.2 Å². The molecule has 0 unspecified atom stereocenters. The maximum absolute atomic E-state index is 13.1. The monoisotopic (exact) mass is 205 g/mol. The Kier molecular flexibility index (Phi) is 3.06. The molecule has 0 spiro atoms. The van der Waals surface area contributed by atoms with Crippen LogP contribution in [0.25, 0.3) is 0 Å². The van der Waals surface area contributed by atoms with Gasteiger partial charge in [0.15, 0.2) is 17.9 Å². The third kappa shape index (κ3) is 1.84. The van der Waals surface area contributed by atoms with Crippen LogP contribution in [-0.4, -0.2) is 18.4 Å². The van der Waals surface area contributed by atoms with E-state index in [1.165, 1.54) is 0 Å². The van der Waals surface area contributed by atoms with E-state index in [0.29, 0.717) is 0 Å². The highest BCUT2D eigenvalue weighted by atomic mass is 19.3. The van der Waals surface area contributed by atoms with Crippen LogP contribution < -0.4 is 4.74 Å². The van der Waals surface area contributed by atoms with E-state index in [1.54, 1.807) is 0 Å². The zero-order valence-electron chi connectivity index (χ0n) is 7.13. The van der Waals surface area contributed by atoms with Gasteiger partial charge in [0.05, 0.1) is 7.11 Å². The van der Waals surface area contributed by atoms with Crippen LogP contribution in [0, 0.1) is 5.82 Å². The number of halogens is 3. The van der Waals surface area contributed by atoms with Gasteiger partial charge in [0.25, 0.3) is 6.43 Å². The summed E-state index contributed by atoms with van der Waals surface area (Å²) in [6, 6.07) is 0.953. The Bertz CT molecular complexity index is 355. The van der Waals surface area contributed by atoms with Crippen LogP contribution >= 0.6 is 0 Å². The summed E-state index contributed by atoms with van der Waals surface area (Å²) in [7, 11) is 1.11. The highest BCUT2D eigenvalue weighted by molar-refractivity contribution is 5.72. The number of carbonyl (C=O) groups is 1. The maximum Gasteiger partial charge on any atom is 0.283 e. The first kappa shape index (κ1) is 10.5. The summed E-state index contributed by atoms with van der Waals surface area (Å²) in [6.07, 6.45) is -2.84. The number of ether oxygens (including phenoxy) is 1. The lowest BCUT2D eigenvalue weighted by Crippen LogP contribution is -2.02.